The average Bonchev–Trinajstić information content (AvgIpc) is 2.30. The van der Waals surface area contributed by atoms with E-state index in [1.54, 1.807) is 6.07 Å². The summed E-state index contributed by atoms with van der Waals surface area (Å²) in [5.41, 5.74) is 7.18. The van der Waals surface area contributed by atoms with Crippen LogP contribution in [0.15, 0.2) is 39.4 Å². The summed E-state index contributed by atoms with van der Waals surface area (Å²) in [5, 5.41) is 0. The Hall–Kier alpha value is -0.560. The molecule has 0 fully saturated rings. The second kappa shape index (κ2) is 7.45. The monoisotopic (exact) mass is 426 g/mol. The van der Waals surface area contributed by atoms with E-state index in [4.69, 9.17) is 5.73 Å². The van der Waals surface area contributed by atoms with Crippen molar-refractivity contribution in [3.05, 3.63) is 62.3 Å². The molecule has 7 heteroatoms. The zero-order valence-corrected chi connectivity index (χ0v) is 14.1. The van der Waals surface area contributed by atoms with Gasteiger partial charge in [-0.15, -0.1) is 12.4 Å². The molecular formula is C13H11Br2ClF2N2. The van der Waals surface area contributed by atoms with Crippen LogP contribution in [0.2, 0.25) is 0 Å². The van der Waals surface area contributed by atoms with Crippen molar-refractivity contribution in [2.24, 2.45) is 5.73 Å². The molecule has 0 aliphatic carbocycles. The van der Waals surface area contributed by atoms with Crippen molar-refractivity contribution in [3.8, 4) is 0 Å². The zero-order valence-electron chi connectivity index (χ0n) is 10.1. The van der Waals surface area contributed by atoms with Crippen LogP contribution in [-0.2, 0) is 6.42 Å². The third kappa shape index (κ3) is 4.48. The molecule has 0 spiro atoms. The van der Waals surface area contributed by atoms with E-state index in [0.717, 1.165) is 10.5 Å². The lowest BCUT2D eigenvalue weighted by Gasteiger charge is -2.13. The molecule has 0 saturated heterocycles. The molecule has 1 aromatic carbocycles. The lowest BCUT2D eigenvalue weighted by Crippen LogP contribution is -2.16. The molecule has 1 heterocycles. The van der Waals surface area contributed by atoms with Crippen LogP contribution in [0.25, 0.3) is 0 Å². The lowest BCUT2D eigenvalue weighted by atomic mass is 10.0. The molecule has 2 aromatic rings. The number of hydrogen-bond acceptors (Lipinski definition) is 2. The van der Waals surface area contributed by atoms with Gasteiger partial charge in [-0.2, -0.15) is 0 Å². The fourth-order valence-corrected chi connectivity index (χ4v) is 2.61. The molecule has 2 nitrogen and oxygen atoms in total. The van der Waals surface area contributed by atoms with Gasteiger partial charge in [0.1, 0.15) is 16.2 Å². The van der Waals surface area contributed by atoms with Gasteiger partial charge < -0.3 is 5.73 Å². The highest BCUT2D eigenvalue weighted by Crippen LogP contribution is 2.25. The smallest absolute Gasteiger partial charge is 0.126 e. The highest BCUT2D eigenvalue weighted by atomic mass is 79.9. The van der Waals surface area contributed by atoms with Crippen LogP contribution >= 0.6 is 44.3 Å². The predicted molar refractivity (Wildman–Crippen MR) is 83.9 cm³/mol. The molecular weight excluding hydrogens is 417 g/mol. The second-order valence-corrected chi connectivity index (χ2v) is 5.76. The third-order valence-electron chi connectivity index (χ3n) is 2.57. The van der Waals surface area contributed by atoms with Gasteiger partial charge in [0, 0.05) is 10.5 Å². The minimum Gasteiger partial charge on any atom is -0.322 e. The van der Waals surface area contributed by atoms with Crippen LogP contribution < -0.4 is 5.73 Å². The number of nitrogens with zero attached hydrogens (tertiary/aromatic N) is 1. The third-order valence-corrected chi connectivity index (χ3v) is 3.68. The minimum absolute atomic E-state index is 0. The highest BCUT2D eigenvalue weighted by molar-refractivity contribution is 9.11. The second-order valence-electron chi connectivity index (χ2n) is 4.09. The van der Waals surface area contributed by atoms with Gasteiger partial charge >= 0.3 is 0 Å². The Morgan fingerprint density at radius 2 is 1.70 bits per heavy atom. The Kier molecular flexibility index (Phi) is 6.51. The first-order valence-corrected chi connectivity index (χ1v) is 7.07. The van der Waals surface area contributed by atoms with Gasteiger partial charge in [-0.25, -0.2) is 13.8 Å². The van der Waals surface area contributed by atoms with Gasteiger partial charge in [0.15, 0.2) is 0 Å². The maximum atomic E-state index is 13.1. The molecule has 2 N–H and O–H groups in total. The minimum atomic E-state index is -0.608. The quantitative estimate of drug-likeness (QED) is 0.729. The maximum absolute atomic E-state index is 13.1. The number of pyridine rings is 1. The largest absolute Gasteiger partial charge is 0.322 e. The van der Waals surface area contributed by atoms with Crippen molar-refractivity contribution < 1.29 is 8.78 Å². The van der Waals surface area contributed by atoms with E-state index in [0.29, 0.717) is 22.3 Å². The van der Waals surface area contributed by atoms with Crippen molar-refractivity contribution in [3.63, 3.8) is 0 Å². The summed E-state index contributed by atoms with van der Waals surface area (Å²) in [4.78, 5) is 4.27. The number of rotatable bonds is 3. The summed E-state index contributed by atoms with van der Waals surface area (Å²) >= 11 is 6.63. The number of nitrogens with two attached hydrogens (primary N) is 1. The van der Waals surface area contributed by atoms with Gasteiger partial charge in [0.05, 0.1) is 11.7 Å². The summed E-state index contributed by atoms with van der Waals surface area (Å²) in [7, 11) is 0. The first-order valence-electron chi connectivity index (χ1n) is 5.48. The van der Waals surface area contributed by atoms with Crippen molar-refractivity contribution in [1.29, 1.82) is 0 Å². The van der Waals surface area contributed by atoms with Crippen LogP contribution in [0.4, 0.5) is 8.78 Å². The predicted octanol–water partition coefficient (Wildman–Crippen LogP) is 4.55. The van der Waals surface area contributed by atoms with Crippen molar-refractivity contribution in [2.45, 2.75) is 12.5 Å². The molecule has 0 saturated carbocycles. The summed E-state index contributed by atoms with van der Waals surface area (Å²) in [6, 6.07) is 6.53. The van der Waals surface area contributed by atoms with Crippen molar-refractivity contribution >= 4 is 44.3 Å². The zero-order chi connectivity index (χ0) is 14.0. The van der Waals surface area contributed by atoms with Crippen LogP contribution in [0.3, 0.4) is 0 Å². The van der Waals surface area contributed by atoms with E-state index < -0.39 is 17.7 Å². The van der Waals surface area contributed by atoms with E-state index in [1.807, 2.05) is 6.07 Å². The van der Waals surface area contributed by atoms with E-state index >= 15 is 0 Å². The molecule has 0 bridgehead atoms. The summed E-state index contributed by atoms with van der Waals surface area (Å²) in [5.74, 6) is -1.22. The Labute approximate surface area is 138 Å². The van der Waals surface area contributed by atoms with Crippen LogP contribution in [0.5, 0.6) is 0 Å². The average molecular weight is 429 g/mol. The first-order chi connectivity index (χ1) is 8.95. The van der Waals surface area contributed by atoms with Gasteiger partial charge in [-0.05, 0) is 68.1 Å². The fraction of sp³-hybridized carbons (Fsp3) is 0.154. The maximum Gasteiger partial charge on any atom is 0.126 e. The Bertz CT molecular complexity index is 591. The van der Waals surface area contributed by atoms with Gasteiger partial charge in [0.2, 0.25) is 0 Å². The van der Waals surface area contributed by atoms with E-state index in [-0.39, 0.29) is 12.4 Å². The fourth-order valence-electron chi connectivity index (χ4n) is 1.77. The molecule has 1 aromatic heterocycles. The van der Waals surface area contributed by atoms with Crippen LogP contribution in [-0.4, -0.2) is 4.98 Å². The van der Waals surface area contributed by atoms with Gasteiger partial charge in [-0.1, -0.05) is 0 Å². The molecule has 2 rings (SSSR count). The molecule has 0 aliphatic heterocycles. The van der Waals surface area contributed by atoms with E-state index in [1.165, 1.54) is 12.1 Å². The molecule has 20 heavy (non-hydrogen) atoms. The number of halogens is 5. The lowest BCUT2D eigenvalue weighted by molar-refractivity contribution is 0.575. The summed E-state index contributed by atoms with van der Waals surface area (Å²) in [6.07, 6.45) is 0.302. The van der Waals surface area contributed by atoms with Crippen molar-refractivity contribution in [1.82, 2.24) is 4.98 Å². The molecule has 1 unspecified atom stereocenters. The van der Waals surface area contributed by atoms with Gasteiger partial charge in [-0.3, -0.25) is 0 Å². The van der Waals surface area contributed by atoms with Crippen molar-refractivity contribution in [2.75, 3.05) is 0 Å². The summed E-state index contributed by atoms with van der Waals surface area (Å²) in [6.45, 7) is 0. The molecule has 0 radical (unpaired) electrons. The SMILES string of the molecule is Cl.NC(Cc1cc(F)cc(F)c1)c1nc(Br)ccc1Br. The van der Waals surface area contributed by atoms with Crippen LogP contribution in [0.1, 0.15) is 17.3 Å². The van der Waals surface area contributed by atoms with E-state index in [9.17, 15) is 8.78 Å². The highest BCUT2D eigenvalue weighted by Gasteiger charge is 2.14. The Morgan fingerprint density at radius 3 is 2.30 bits per heavy atom. The van der Waals surface area contributed by atoms with Gasteiger partial charge in [0.25, 0.3) is 0 Å². The number of benzene rings is 1. The van der Waals surface area contributed by atoms with Crippen LogP contribution in [0, 0.1) is 11.6 Å². The standard InChI is InChI=1S/C13H10Br2F2N2.ClH/c14-10-1-2-12(15)19-13(10)11(18)5-7-3-8(16)6-9(17)4-7;/h1-4,6,11H,5,18H2;1H. The normalized spacial score (nSPS) is 11.8. The Morgan fingerprint density at radius 1 is 1.10 bits per heavy atom. The summed E-state index contributed by atoms with van der Waals surface area (Å²) < 4.78 is 27.6. The molecule has 0 amide bonds. The topological polar surface area (TPSA) is 38.9 Å². The first kappa shape index (κ1) is 17.5. The molecule has 108 valence electrons. The number of aromatic nitrogens is 1. The molecule has 1 atom stereocenters. The Balaban J connectivity index is 0.00000200. The van der Waals surface area contributed by atoms with E-state index in [2.05, 4.69) is 36.8 Å². The number of hydrogen-bond donors (Lipinski definition) is 1. The molecule has 0 aliphatic rings.